The summed E-state index contributed by atoms with van der Waals surface area (Å²) < 4.78 is 25.1. The lowest BCUT2D eigenvalue weighted by Gasteiger charge is -2.04. The van der Waals surface area contributed by atoms with Crippen molar-refractivity contribution in [3.05, 3.63) is 53.4 Å². The second-order valence-corrected chi connectivity index (χ2v) is 6.79. The van der Waals surface area contributed by atoms with Crippen LogP contribution in [-0.2, 0) is 9.47 Å². The highest BCUT2D eigenvalue weighted by Crippen LogP contribution is 2.25. The van der Waals surface area contributed by atoms with Crippen LogP contribution >= 0.6 is 11.3 Å². The molecule has 0 saturated carbocycles. The van der Waals surface area contributed by atoms with Gasteiger partial charge in [-0.25, -0.2) is 14.1 Å². The molecule has 0 fully saturated rings. The van der Waals surface area contributed by atoms with Gasteiger partial charge in [0, 0.05) is 20.3 Å². The van der Waals surface area contributed by atoms with E-state index < -0.39 is 0 Å². The number of carbonyl (C=O) groups is 1. The van der Waals surface area contributed by atoms with Crippen LogP contribution < -0.4 is 5.32 Å². The molecular weight excluding hydrogens is 383 g/mol. The number of hydrogen-bond acceptors (Lipinski definition) is 6. The minimum Gasteiger partial charge on any atom is -0.382 e. The van der Waals surface area contributed by atoms with Crippen molar-refractivity contribution in [3.63, 3.8) is 0 Å². The van der Waals surface area contributed by atoms with Crippen molar-refractivity contribution in [2.75, 3.05) is 33.5 Å². The lowest BCUT2D eigenvalue weighted by Crippen LogP contribution is -2.26. The van der Waals surface area contributed by atoms with Crippen LogP contribution in [0.4, 0.5) is 4.39 Å². The van der Waals surface area contributed by atoms with Gasteiger partial charge in [-0.1, -0.05) is 6.07 Å². The molecule has 0 spiro atoms. The number of nitrogens with zero attached hydrogens (tertiary/aromatic N) is 3. The molecule has 1 aromatic carbocycles. The first-order valence-corrected chi connectivity index (χ1v) is 9.69. The number of ether oxygens (including phenoxy) is 2. The zero-order chi connectivity index (χ0) is 19.8. The maximum Gasteiger partial charge on any atom is 0.290 e. The number of thiophene rings is 1. The Morgan fingerprint density at radius 3 is 2.75 bits per heavy atom. The van der Waals surface area contributed by atoms with Gasteiger partial charge in [0.15, 0.2) is 5.82 Å². The average Bonchev–Trinajstić information content (AvgIpc) is 3.37. The molecule has 0 radical (unpaired) electrons. The largest absolute Gasteiger partial charge is 0.382 e. The first-order valence-electron chi connectivity index (χ1n) is 8.81. The third-order valence-corrected chi connectivity index (χ3v) is 4.67. The Kier molecular flexibility index (Phi) is 7.24. The highest BCUT2D eigenvalue weighted by molar-refractivity contribution is 7.13. The zero-order valence-corrected chi connectivity index (χ0v) is 16.2. The Morgan fingerprint density at radius 1 is 1.21 bits per heavy atom. The van der Waals surface area contributed by atoms with Crippen LogP contribution in [0.5, 0.6) is 0 Å². The molecule has 0 bridgehead atoms. The van der Waals surface area contributed by atoms with Gasteiger partial charge in [0.25, 0.3) is 5.91 Å². The van der Waals surface area contributed by atoms with Gasteiger partial charge < -0.3 is 14.8 Å². The minimum absolute atomic E-state index is 0.0630. The second kappa shape index (κ2) is 10.1. The van der Waals surface area contributed by atoms with Gasteiger partial charge in [-0.2, -0.15) is 0 Å². The van der Waals surface area contributed by atoms with Crippen LogP contribution in [0.3, 0.4) is 0 Å². The lowest BCUT2D eigenvalue weighted by atomic mass is 10.3. The standard InChI is InChI=1S/C19H21FN4O3S/c1-26-11-12-27-10-3-9-21-19(25)17-22-18(16-4-2-13-28-16)24(23-17)15-7-5-14(20)6-8-15/h2,4-8,13H,3,9-12H2,1H3,(H,21,25). The van der Waals surface area contributed by atoms with E-state index in [1.807, 2.05) is 17.5 Å². The SMILES string of the molecule is COCCOCCCNC(=O)c1nc(-c2cccs2)n(-c2ccc(F)cc2)n1. The monoisotopic (exact) mass is 404 g/mol. The van der Waals surface area contributed by atoms with Gasteiger partial charge in [-0.15, -0.1) is 16.4 Å². The van der Waals surface area contributed by atoms with Crippen molar-refractivity contribution in [1.82, 2.24) is 20.1 Å². The van der Waals surface area contributed by atoms with Gasteiger partial charge in [0.05, 0.1) is 23.8 Å². The third kappa shape index (κ3) is 5.22. The van der Waals surface area contributed by atoms with E-state index >= 15 is 0 Å². The van der Waals surface area contributed by atoms with Crippen molar-refractivity contribution >= 4 is 17.2 Å². The molecule has 3 aromatic rings. The number of carbonyl (C=O) groups excluding carboxylic acids is 1. The van der Waals surface area contributed by atoms with Crippen LogP contribution in [0, 0.1) is 5.82 Å². The maximum absolute atomic E-state index is 13.3. The van der Waals surface area contributed by atoms with Crippen molar-refractivity contribution < 1.29 is 18.7 Å². The van der Waals surface area contributed by atoms with Crippen LogP contribution in [0.1, 0.15) is 17.0 Å². The molecule has 2 heterocycles. The first-order chi connectivity index (χ1) is 13.7. The fourth-order valence-corrected chi connectivity index (χ4v) is 3.13. The van der Waals surface area contributed by atoms with Gasteiger partial charge in [0.1, 0.15) is 5.82 Å². The number of aromatic nitrogens is 3. The molecule has 28 heavy (non-hydrogen) atoms. The Morgan fingerprint density at radius 2 is 2.04 bits per heavy atom. The maximum atomic E-state index is 13.3. The number of nitrogens with one attached hydrogen (secondary N) is 1. The molecule has 0 saturated heterocycles. The fourth-order valence-electron chi connectivity index (χ4n) is 2.44. The van der Waals surface area contributed by atoms with E-state index in [9.17, 15) is 9.18 Å². The van der Waals surface area contributed by atoms with E-state index in [1.54, 1.807) is 23.9 Å². The Balaban J connectivity index is 1.69. The van der Waals surface area contributed by atoms with Gasteiger partial charge in [-0.3, -0.25) is 4.79 Å². The molecule has 2 aromatic heterocycles. The number of amides is 1. The highest BCUT2D eigenvalue weighted by atomic mass is 32.1. The average molecular weight is 404 g/mol. The zero-order valence-electron chi connectivity index (χ0n) is 15.4. The molecule has 9 heteroatoms. The summed E-state index contributed by atoms with van der Waals surface area (Å²) in [5.74, 6) is -0.106. The molecule has 1 amide bonds. The molecule has 7 nitrogen and oxygen atoms in total. The highest BCUT2D eigenvalue weighted by Gasteiger charge is 2.19. The summed E-state index contributed by atoms with van der Waals surface area (Å²) in [5, 5.41) is 9.05. The normalized spacial score (nSPS) is 10.9. The fraction of sp³-hybridized carbons (Fsp3) is 0.316. The predicted molar refractivity (Wildman–Crippen MR) is 104 cm³/mol. The Bertz CT molecular complexity index is 881. The van der Waals surface area contributed by atoms with Crippen LogP contribution in [-0.4, -0.2) is 54.1 Å². The molecule has 0 aliphatic rings. The van der Waals surface area contributed by atoms with Gasteiger partial charge in [-0.05, 0) is 42.1 Å². The predicted octanol–water partition coefficient (Wildman–Crippen LogP) is 2.92. The smallest absolute Gasteiger partial charge is 0.290 e. The summed E-state index contributed by atoms with van der Waals surface area (Å²) in [6.45, 7) is 2.05. The number of hydrogen-bond donors (Lipinski definition) is 1. The molecule has 148 valence electrons. The van der Waals surface area contributed by atoms with Crippen molar-refractivity contribution in [1.29, 1.82) is 0 Å². The van der Waals surface area contributed by atoms with E-state index in [0.717, 1.165) is 4.88 Å². The molecule has 0 aliphatic heterocycles. The number of rotatable bonds is 10. The quantitative estimate of drug-likeness (QED) is 0.526. The summed E-state index contributed by atoms with van der Waals surface area (Å²) in [6, 6.07) is 9.68. The van der Waals surface area contributed by atoms with E-state index in [0.29, 0.717) is 44.3 Å². The lowest BCUT2D eigenvalue weighted by molar-refractivity contribution is 0.0688. The van der Waals surface area contributed by atoms with E-state index in [2.05, 4.69) is 15.4 Å². The van der Waals surface area contributed by atoms with Gasteiger partial charge >= 0.3 is 0 Å². The van der Waals surface area contributed by atoms with E-state index in [1.165, 1.54) is 23.5 Å². The van der Waals surface area contributed by atoms with Crippen LogP contribution in [0.2, 0.25) is 0 Å². The van der Waals surface area contributed by atoms with Crippen LogP contribution in [0.25, 0.3) is 16.4 Å². The Labute approximate surface area is 166 Å². The van der Waals surface area contributed by atoms with Crippen molar-refractivity contribution in [2.24, 2.45) is 0 Å². The molecule has 0 atom stereocenters. The first kappa shape index (κ1) is 20.1. The summed E-state index contributed by atoms with van der Waals surface area (Å²) >= 11 is 1.49. The topological polar surface area (TPSA) is 78.3 Å². The van der Waals surface area contributed by atoms with E-state index in [-0.39, 0.29) is 17.5 Å². The Hall–Kier alpha value is -2.62. The van der Waals surface area contributed by atoms with Gasteiger partial charge in [0.2, 0.25) is 5.82 Å². The molecule has 3 rings (SSSR count). The molecule has 0 unspecified atom stereocenters. The summed E-state index contributed by atoms with van der Waals surface area (Å²) in [5.41, 5.74) is 0.628. The number of benzene rings is 1. The van der Waals surface area contributed by atoms with Crippen molar-refractivity contribution in [2.45, 2.75) is 6.42 Å². The minimum atomic E-state index is -0.365. The number of halogens is 1. The van der Waals surface area contributed by atoms with E-state index in [4.69, 9.17) is 9.47 Å². The molecular formula is C19H21FN4O3S. The molecule has 1 N–H and O–H groups in total. The van der Waals surface area contributed by atoms with Crippen molar-refractivity contribution in [3.8, 4) is 16.4 Å². The summed E-state index contributed by atoms with van der Waals surface area (Å²) in [4.78, 5) is 17.7. The van der Waals surface area contributed by atoms with Crippen LogP contribution in [0.15, 0.2) is 41.8 Å². The third-order valence-electron chi connectivity index (χ3n) is 3.81. The number of methoxy groups -OCH3 is 1. The summed E-state index contributed by atoms with van der Waals surface area (Å²) in [7, 11) is 1.62. The second-order valence-electron chi connectivity index (χ2n) is 5.84. The summed E-state index contributed by atoms with van der Waals surface area (Å²) in [6.07, 6.45) is 0.673. The molecule has 0 aliphatic carbocycles.